The van der Waals surface area contributed by atoms with Crippen LogP contribution in [0.25, 0.3) is 10.4 Å². The molecule has 0 aliphatic rings. The first-order chi connectivity index (χ1) is 6.24. The summed E-state index contributed by atoms with van der Waals surface area (Å²) in [6.45, 7) is 0.178. The number of carbonyl (C=O) groups is 1. The van der Waals surface area contributed by atoms with Gasteiger partial charge in [0.2, 0.25) is 0 Å². The highest BCUT2D eigenvalue weighted by molar-refractivity contribution is 5.87. The molecule has 1 aromatic carbocycles. The number of benzene rings is 1. The van der Waals surface area contributed by atoms with Crippen molar-refractivity contribution in [3.63, 3.8) is 0 Å². The highest BCUT2D eigenvalue weighted by Gasteiger charge is 2.01. The van der Waals surface area contributed by atoms with Gasteiger partial charge in [0.25, 0.3) is 0 Å². The average Bonchev–Trinajstić information content (AvgIpc) is 2.15. The molecule has 0 aliphatic heterocycles. The van der Waals surface area contributed by atoms with Gasteiger partial charge in [-0.3, -0.25) is 0 Å². The van der Waals surface area contributed by atoms with Gasteiger partial charge >= 0.3 is 5.97 Å². The molecule has 1 aromatic rings. The molecule has 0 spiro atoms. The average molecular weight is 177 g/mol. The third-order valence-electron chi connectivity index (χ3n) is 1.49. The summed E-state index contributed by atoms with van der Waals surface area (Å²) in [5.74, 6) is -0.984. The van der Waals surface area contributed by atoms with Crippen molar-refractivity contribution in [3.8, 4) is 0 Å². The van der Waals surface area contributed by atoms with Crippen molar-refractivity contribution in [2.24, 2.45) is 5.11 Å². The van der Waals surface area contributed by atoms with Gasteiger partial charge in [0.15, 0.2) is 0 Å². The molecule has 0 heterocycles. The van der Waals surface area contributed by atoms with Crippen LogP contribution in [0.2, 0.25) is 0 Å². The third-order valence-corrected chi connectivity index (χ3v) is 1.49. The zero-order valence-electron chi connectivity index (χ0n) is 6.71. The minimum atomic E-state index is -0.984. The van der Waals surface area contributed by atoms with Gasteiger partial charge < -0.3 is 5.11 Å². The van der Waals surface area contributed by atoms with E-state index in [1.54, 1.807) is 12.1 Å². The van der Waals surface area contributed by atoms with Crippen LogP contribution in [0.4, 0.5) is 0 Å². The van der Waals surface area contributed by atoms with Gasteiger partial charge in [-0.25, -0.2) is 4.79 Å². The Morgan fingerprint density at radius 2 is 2.38 bits per heavy atom. The predicted octanol–water partition coefficient (Wildman–Crippen LogP) is 2.20. The third kappa shape index (κ3) is 2.50. The number of carboxylic acid groups (broad SMARTS) is 1. The summed E-state index contributed by atoms with van der Waals surface area (Å²) in [5, 5.41) is 12.0. The number of carboxylic acids is 1. The minimum Gasteiger partial charge on any atom is -0.478 e. The topological polar surface area (TPSA) is 86.1 Å². The smallest absolute Gasteiger partial charge is 0.335 e. The van der Waals surface area contributed by atoms with Gasteiger partial charge in [0.1, 0.15) is 0 Å². The van der Waals surface area contributed by atoms with Gasteiger partial charge in [0, 0.05) is 4.91 Å². The molecule has 0 aliphatic carbocycles. The first-order valence-electron chi connectivity index (χ1n) is 3.57. The van der Waals surface area contributed by atoms with Gasteiger partial charge in [0.05, 0.1) is 12.1 Å². The van der Waals surface area contributed by atoms with Crippen LogP contribution in [-0.4, -0.2) is 11.1 Å². The fourth-order valence-electron chi connectivity index (χ4n) is 0.916. The van der Waals surface area contributed by atoms with Crippen LogP contribution in [0.3, 0.4) is 0 Å². The lowest BCUT2D eigenvalue weighted by Crippen LogP contribution is -1.96. The maximum absolute atomic E-state index is 10.5. The Morgan fingerprint density at radius 3 is 3.00 bits per heavy atom. The Morgan fingerprint density at radius 1 is 1.62 bits per heavy atom. The maximum atomic E-state index is 10.5. The van der Waals surface area contributed by atoms with E-state index in [2.05, 4.69) is 10.0 Å². The summed E-state index contributed by atoms with van der Waals surface area (Å²) in [6.07, 6.45) is 0. The van der Waals surface area contributed by atoms with Crippen LogP contribution < -0.4 is 0 Å². The number of hydrogen-bond donors (Lipinski definition) is 1. The van der Waals surface area contributed by atoms with Crippen LogP contribution >= 0.6 is 0 Å². The highest BCUT2D eigenvalue weighted by Crippen LogP contribution is 2.06. The van der Waals surface area contributed by atoms with Crippen molar-refractivity contribution in [2.75, 3.05) is 0 Å². The largest absolute Gasteiger partial charge is 0.478 e. The molecule has 0 radical (unpaired) electrons. The molecule has 0 amide bonds. The van der Waals surface area contributed by atoms with Crippen molar-refractivity contribution in [2.45, 2.75) is 6.54 Å². The van der Waals surface area contributed by atoms with Crippen molar-refractivity contribution < 1.29 is 9.90 Å². The molecule has 0 atom stereocenters. The lowest BCUT2D eigenvalue weighted by Gasteiger charge is -1.97. The Balaban J connectivity index is 2.91. The van der Waals surface area contributed by atoms with E-state index in [4.69, 9.17) is 10.6 Å². The van der Waals surface area contributed by atoms with Crippen LogP contribution in [-0.2, 0) is 6.54 Å². The summed E-state index contributed by atoms with van der Waals surface area (Å²) in [4.78, 5) is 13.1. The quantitative estimate of drug-likeness (QED) is 0.435. The fraction of sp³-hybridized carbons (Fsp3) is 0.125. The SMILES string of the molecule is [N-]=[N+]=NCc1cccc(C(=O)O)c1. The first kappa shape index (κ1) is 9.09. The molecule has 1 rings (SSSR count). The summed E-state index contributed by atoms with van der Waals surface area (Å²) in [7, 11) is 0. The van der Waals surface area contributed by atoms with Gasteiger partial charge in [-0.15, -0.1) is 0 Å². The molecule has 66 valence electrons. The molecule has 5 heteroatoms. The monoisotopic (exact) mass is 177 g/mol. The number of azide groups is 1. The molecule has 0 fully saturated rings. The Labute approximate surface area is 74.3 Å². The molecular formula is C8H7N3O2. The predicted molar refractivity (Wildman–Crippen MR) is 46.3 cm³/mol. The molecule has 0 bridgehead atoms. The molecule has 5 nitrogen and oxygen atoms in total. The molecule has 13 heavy (non-hydrogen) atoms. The second-order valence-electron chi connectivity index (χ2n) is 2.39. The zero-order valence-corrected chi connectivity index (χ0v) is 6.71. The summed E-state index contributed by atoms with van der Waals surface area (Å²) >= 11 is 0. The van der Waals surface area contributed by atoms with E-state index < -0.39 is 5.97 Å². The summed E-state index contributed by atoms with van der Waals surface area (Å²) in [5.41, 5.74) is 8.94. The number of hydrogen-bond acceptors (Lipinski definition) is 2. The minimum absolute atomic E-state index is 0.178. The van der Waals surface area contributed by atoms with Crippen molar-refractivity contribution in [1.82, 2.24) is 0 Å². The Hall–Kier alpha value is -2.00. The summed E-state index contributed by atoms with van der Waals surface area (Å²) < 4.78 is 0. The van der Waals surface area contributed by atoms with Crippen LogP contribution in [0.15, 0.2) is 29.4 Å². The van der Waals surface area contributed by atoms with Gasteiger partial charge in [-0.1, -0.05) is 17.2 Å². The van der Waals surface area contributed by atoms with E-state index >= 15 is 0 Å². The fourth-order valence-corrected chi connectivity index (χ4v) is 0.916. The number of rotatable bonds is 3. The second kappa shape index (κ2) is 4.13. The zero-order chi connectivity index (χ0) is 9.68. The highest BCUT2D eigenvalue weighted by atomic mass is 16.4. The van der Waals surface area contributed by atoms with E-state index in [0.717, 1.165) is 0 Å². The summed E-state index contributed by atoms with van der Waals surface area (Å²) in [6, 6.07) is 6.30. The lowest BCUT2D eigenvalue weighted by molar-refractivity contribution is 0.0697. The first-order valence-corrected chi connectivity index (χ1v) is 3.57. The molecule has 0 aromatic heterocycles. The molecule has 0 saturated carbocycles. The molecule has 0 saturated heterocycles. The van der Waals surface area contributed by atoms with E-state index in [1.807, 2.05) is 0 Å². The van der Waals surface area contributed by atoms with E-state index in [0.29, 0.717) is 5.56 Å². The van der Waals surface area contributed by atoms with Gasteiger partial charge in [-0.2, -0.15) is 0 Å². The van der Waals surface area contributed by atoms with Crippen molar-refractivity contribution >= 4 is 5.97 Å². The van der Waals surface area contributed by atoms with E-state index in [9.17, 15) is 4.79 Å². The number of aromatic carboxylic acids is 1. The molecular weight excluding hydrogens is 170 g/mol. The van der Waals surface area contributed by atoms with Crippen LogP contribution in [0, 0.1) is 0 Å². The van der Waals surface area contributed by atoms with E-state index in [-0.39, 0.29) is 12.1 Å². The van der Waals surface area contributed by atoms with Crippen LogP contribution in [0.5, 0.6) is 0 Å². The lowest BCUT2D eigenvalue weighted by atomic mass is 10.1. The molecule has 1 N–H and O–H groups in total. The van der Waals surface area contributed by atoms with Crippen LogP contribution in [0.1, 0.15) is 15.9 Å². The molecule has 0 unspecified atom stereocenters. The van der Waals surface area contributed by atoms with E-state index in [1.165, 1.54) is 12.1 Å². The Kier molecular flexibility index (Phi) is 2.89. The van der Waals surface area contributed by atoms with Gasteiger partial charge in [-0.05, 0) is 23.2 Å². The second-order valence-corrected chi connectivity index (χ2v) is 2.39. The maximum Gasteiger partial charge on any atom is 0.335 e. The normalized spacial score (nSPS) is 8.92. The number of nitrogens with zero attached hydrogens (tertiary/aromatic N) is 3. The van der Waals surface area contributed by atoms with Crippen molar-refractivity contribution in [1.29, 1.82) is 0 Å². The standard InChI is InChI=1S/C8H7N3O2/c9-11-10-5-6-2-1-3-7(4-6)8(12)13/h1-4H,5H2,(H,12,13). The Bertz CT molecular complexity index is 369. The van der Waals surface area contributed by atoms with Crippen molar-refractivity contribution in [3.05, 3.63) is 45.8 Å².